The number of hydrogen-bond acceptors (Lipinski definition) is 9. The maximum absolute atomic E-state index is 10.0. The Morgan fingerprint density at radius 2 is 1.82 bits per heavy atom. The van der Waals surface area contributed by atoms with Crippen molar-refractivity contribution in [1.29, 1.82) is 10.5 Å². The molecule has 1 aliphatic rings. The molecule has 3 aromatic carbocycles. The number of aromatic nitrogens is 2. The van der Waals surface area contributed by atoms with Crippen molar-refractivity contribution < 1.29 is 9.47 Å². The lowest BCUT2D eigenvalue weighted by Gasteiger charge is -2.33. The minimum Gasteiger partial charge on any atom is -0.493 e. The molecule has 0 spiro atoms. The normalized spacial score (nSPS) is 13.5. The lowest BCUT2D eigenvalue weighted by Crippen LogP contribution is -2.44. The monoisotopic (exact) mass is 505 g/mol. The molecule has 1 N–H and O–H groups in total. The largest absolute Gasteiger partial charge is 0.493 e. The standard InChI is InChI=1S/C29H27N7O2/c1-35-10-12-36(13-11-35)28-18-32-25-8-7-24(23(17-31)29(25)34-28)33-22-6-9-26(27(15-22)37-2)38-19-21-5-3-4-20(14-21)16-30/h3-9,14-15,18,33H,10-13,19H2,1-2H3. The van der Waals surface area contributed by atoms with Crippen molar-refractivity contribution in [3.63, 3.8) is 0 Å². The van der Waals surface area contributed by atoms with Crippen molar-refractivity contribution in [2.45, 2.75) is 6.61 Å². The average molecular weight is 506 g/mol. The first kappa shape index (κ1) is 24.8. The Morgan fingerprint density at radius 1 is 0.974 bits per heavy atom. The zero-order chi connectivity index (χ0) is 26.5. The van der Waals surface area contributed by atoms with E-state index < -0.39 is 0 Å². The van der Waals surface area contributed by atoms with Crippen molar-refractivity contribution in [2.24, 2.45) is 0 Å². The van der Waals surface area contributed by atoms with E-state index >= 15 is 0 Å². The van der Waals surface area contributed by atoms with Gasteiger partial charge in [-0.25, -0.2) is 4.98 Å². The summed E-state index contributed by atoms with van der Waals surface area (Å²) in [4.78, 5) is 13.9. The van der Waals surface area contributed by atoms with Crippen molar-refractivity contribution in [2.75, 3.05) is 50.6 Å². The van der Waals surface area contributed by atoms with Gasteiger partial charge in [0.15, 0.2) is 11.5 Å². The van der Waals surface area contributed by atoms with Crippen LogP contribution in [0.15, 0.2) is 60.8 Å². The minimum absolute atomic E-state index is 0.302. The van der Waals surface area contributed by atoms with Crippen LogP contribution in [-0.2, 0) is 6.61 Å². The van der Waals surface area contributed by atoms with E-state index in [0.29, 0.717) is 46.0 Å². The van der Waals surface area contributed by atoms with Gasteiger partial charge in [0.05, 0.1) is 36.1 Å². The van der Waals surface area contributed by atoms with Crippen LogP contribution in [-0.4, -0.2) is 55.2 Å². The number of methoxy groups -OCH3 is 1. The van der Waals surface area contributed by atoms with Gasteiger partial charge in [0.25, 0.3) is 0 Å². The molecule has 0 amide bonds. The molecular formula is C29H27N7O2. The van der Waals surface area contributed by atoms with Gasteiger partial charge in [0.1, 0.15) is 29.6 Å². The Balaban J connectivity index is 1.38. The molecule has 0 atom stereocenters. The Labute approximate surface area is 221 Å². The van der Waals surface area contributed by atoms with Crippen LogP contribution in [0.3, 0.4) is 0 Å². The Morgan fingerprint density at radius 3 is 2.58 bits per heavy atom. The molecule has 0 radical (unpaired) electrons. The summed E-state index contributed by atoms with van der Waals surface area (Å²) < 4.78 is 11.5. The molecule has 1 aromatic heterocycles. The quantitative estimate of drug-likeness (QED) is 0.389. The van der Waals surface area contributed by atoms with E-state index in [1.54, 1.807) is 25.4 Å². The first-order chi connectivity index (χ1) is 18.6. The average Bonchev–Trinajstić information content (AvgIpc) is 2.96. The molecule has 38 heavy (non-hydrogen) atoms. The Kier molecular flexibility index (Phi) is 7.21. The van der Waals surface area contributed by atoms with Gasteiger partial charge in [0.2, 0.25) is 0 Å². The highest BCUT2D eigenvalue weighted by Gasteiger charge is 2.18. The van der Waals surface area contributed by atoms with Crippen LogP contribution in [0.25, 0.3) is 11.0 Å². The van der Waals surface area contributed by atoms with E-state index in [9.17, 15) is 5.26 Å². The van der Waals surface area contributed by atoms with Gasteiger partial charge in [-0.15, -0.1) is 0 Å². The summed E-state index contributed by atoms with van der Waals surface area (Å²) in [6.07, 6.45) is 1.78. The Hall–Kier alpha value is -4.86. The highest BCUT2D eigenvalue weighted by molar-refractivity contribution is 5.89. The summed E-state index contributed by atoms with van der Waals surface area (Å²) in [5, 5.41) is 22.5. The predicted octanol–water partition coefficient (Wildman–Crippen LogP) is 4.46. The number of rotatable bonds is 7. The summed E-state index contributed by atoms with van der Waals surface area (Å²) in [6, 6.07) is 20.9. The maximum atomic E-state index is 10.0. The van der Waals surface area contributed by atoms with Crippen LogP contribution in [0.1, 0.15) is 16.7 Å². The molecule has 190 valence electrons. The van der Waals surface area contributed by atoms with E-state index in [1.807, 2.05) is 42.5 Å². The number of benzene rings is 3. The van der Waals surface area contributed by atoms with Crippen molar-refractivity contribution >= 4 is 28.2 Å². The second kappa shape index (κ2) is 11.0. The number of fused-ring (bicyclic) bond motifs is 1. The minimum atomic E-state index is 0.302. The molecule has 0 unspecified atom stereocenters. The third-order valence-electron chi connectivity index (χ3n) is 6.53. The molecule has 1 aliphatic heterocycles. The zero-order valence-corrected chi connectivity index (χ0v) is 21.3. The number of ether oxygens (including phenoxy) is 2. The fourth-order valence-electron chi connectivity index (χ4n) is 4.39. The summed E-state index contributed by atoms with van der Waals surface area (Å²) in [7, 11) is 3.69. The third-order valence-corrected chi connectivity index (χ3v) is 6.53. The molecule has 1 saturated heterocycles. The summed E-state index contributed by atoms with van der Waals surface area (Å²) in [5.41, 5.74) is 4.52. The number of piperazine rings is 1. The second-order valence-electron chi connectivity index (χ2n) is 9.08. The number of likely N-dealkylation sites (N-methyl/N-ethyl adjacent to an activating group) is 1. The number of anilines is 3. The maximum Gasteiger partial charge on any atom is 0.162 e. The number of nitrogens with zero attached hydrogens (tertiary/aromatic N) is 6. The molecule has 1 fully saturated rings. The Bertz CT molecular complexity index is 1550. The van der Waals surface area contributed by atoms with Gasteiger partial charge in [-0.3, -0.25) is 4.98 Å². The van der Waals surface area contributed by atoms with Gasteiger partial charge in [-0.1, -0.05) is 12.1 Å². The highest BCUT2D eigenvalue weighted by Crippen LogP contribution is 2.34. The lowest BCUT2D eigenvalue weighted by atomic mass is 10.1. The van der Waals surface area contributed by atoms with Gasteiger partial charge >= 0.3 is 0 Å². The van der Waals surface area contributed by atoms with Crippen LogP contribution >= 0.6 is 0 Å². The van der Waals surface area contributed by atoms with Gasteiger partial charge in [-0.05, 0) is 49.0 Å². The fraction of sp³-hybridized carbons (Fsp3) is 0.241. The molecule has 2 heterocycles. The highest BCUT2D eigenvalue weighted by atomic mass is 16.5. The number of nitriles is 2. The fourth-order valence-corrected chi connectivity index (χ4v) is 4.39. The van der Waals surface area contributed by atoms with Gasteiger partial charge < -0.3 is 24.6 Å². The number of hydrogen-bond donors (Lipinski definition) is 1. The summed E-state index contributed by atoms with van der Waals surface area (Å²) in [5.74, 6) is 1.90. The second-order valence-corrected chi connectivity index (χ2v) is 9.08. The molecule has 4 aromatic rings. The van der Waals surface area contributed by atoms with Crippen LogP contribution < -0.4 is 19.7 Å². The molecule has 5 rings (SSSR count). The van der Waals surface area contributed by atoms with Crippen molar-refractivity contribution in [1.82, 2.24) is 14.9 Å². The zero-order valence-electron chi connectivity index (χ0n) is 21.3. The van der Waals surface area contributed by atoms with Crippen molar-refractivity contribution in [3.8, 4) is 23.6 Å². The van der Waals surface area contributed by atoms with Crippen molar-refractivity contribution in [3.05, 3.63) is 77.5 Å². The first-order valence-corrected chi connectivity index (χ1v) is 12.3. The van der Waals surface area contributed by atoms with Gasteiger partial charge in [0, 0.05) is 37.9 Å². The van der Waals surface area contributed by atoms with E-state index in [1.165, 1.54) is 0 Å². The topological polar surface area (TPSA) is 110 Å². The van der Waals surface area contributed by atoms with Crippen LogP contribution in [0.5, 0.6) is 11.5 Å². The molecule has 0 aliphatic carbocycles. The van der Waals surface area contributed by atoms with Gasteiger partial charge in [-0.2, -0.15) is 10.5 Å². The number of nitrogens with one attached hydrogen (secondary N) is 1. The first-order valence-electron chi connectivity index (χ1n) is 12.3. The molecule has 0 bridgehead atoms. The molecule has 9 nitrogen and oxygen atoms in total. The summed E-state index contributed by atoms with van der Waals surface area (Å²) >= 11 is 0. The van der Waals surface area contributed by atoms with E-state index in [4.69, 9.17) is 19.7 Å². The summed E-state index contributed by atoms with van der Waals surface area (Å²) in [6.45, 7) is 3.96. The van der Waals surface area contributed by atoms with Crippen LogP contribution in [0.4, 0.5) is 17.2 Å². The van der Waals surface area contributed by atoms with E-state index in [-0.39, 0.29) is 0 Å². The predicted molar refractivity (Wildman–Crippen MR) is 146 cm³/mol. The molecule has 0 saturated carbocycles. The van der Waals surface area contributed by atoms with E-state index in [2.05, 4.69) is 39.3 Å². The van der Waals surface area contributed by atoms with Crippen LogP contribution in [0.2, 0.25) is 0 Å². The third kappa shape index (κ3) is 5.29. The van der Waals surface area contributed by atoms with E-state index in [0.717, 1.165) is 43.2 Å². The molecular weight excluding hydrogens is 478 g/mol. The molecule has 9 heteroatoms. The smallest absolute Gasteiger partial charge is 0.162 e. The SMILES string of the molecule is COc1cc(Nc2ccc3ncc(N4CCN(C)CC4)nc3c2C#N)ccc1OCc1cccc(C#N)c1. The van der Waals surface area contributed by atoms with Crippen LogP contribution in [0, 0.1) is 22.7 Å². The lowest BCUT2D eigenvalue weighted by molar-refractivity contribution is 0.284.